The second kappa shape index (κ2) is 5.34. The van der Waals surface area contributed by atoms with Gasteiger partial charge in [0.1, 0.15) is 11.9 Å². The number of rotatable bonds is 3. The summed E-state index contributed by atoms with van der Waals surface area (Å²) in [6.45, 7) is 0. The van der Waals surface area contributed by atoms with Gasteiger partial charge in [0.05, 0.1) is 12.7 Å². The molecule has 0 fully saturated rings. The zero-order valence-electron chi connectivity index (χ0n) is 9.42. The van der Waals surface area contributed by atoms with Crippen LogP contribution in [0.2, 0.25) is 0 Å². The van der Waals surface area contributed by atoms with E-state index in [9.17, 15) is 22.4 Å². The first-order valence-electron chi connectivity index (χ1n) is 4.94. The second-order valence-corrected chi connectivity index (χ2v) is 3.64. The third kappa shape index (κ3) is 3.43. The number of nitrogens with two attached hydrogens (primary N) is 1. The van der Waals surface area contributed by atoms with Crippen LogP contribution in [0.25, 0.3) is 0 Å². The first-order valence-corrected chi connectivity index (χ1v) is 4.94. The minimum atomic E-state index is -4.57. The first kappa shape index (κ1) is 14.4. The van der Waals surface area contributed by atoms with Gasteiger partial charge in [-0.15, -0.1) is 0 Å². The van der Waals surface area contributed by atoms with E-state index in [0.29, 0.717) is 18.2 Å². The fraction of sp³-hybridized carbons (Fsp3) is 0.364. The Labute approximate surface area is 101 Å². The van der Waals surface area contributed by atoms with E-state index in [1.165, 1.54) is 0 Å². The highest BCUT2D eigenvalue weighted by atomic mass is 19.4. The standard InChI is InChI=1S/C11H11F4NO2/c1-18-10(17)9(16)5-6-4-7(11(13,14)15)2-3-8(6)12/h2-4,9H,5,16H2,1H3/t9-/m0/s1. The molecule has 18 heavy (non-hydrogen) atoms. The highest BCUT2D eigenvalue weighted by Gasteiger charge is 2.31. The van der Waals surface area contributed by atoms with Gasteiger partial charge in [0.15, 0.2) is 0 Å². The zero-order chi connectivity index (χ0) is 13.9. The van der Waals surface area contributed by atoms with Gasteiger partial charge >= 0.3 is 12.1 Å². The molecule has 100 valence electrons. The van der Waals surface area contributed by atoms with E-state index in [0.717, 1.165) is 7.11 Å². The van der Waals surface area contributed by atoms with Crippen LogP contribution in [0.5, 0.6) is 0 Å². The minimum Gasteiger partial charge on any atom is -0.468 e. The molecule has 1 rings (SSSR count). The molecule has 0 radical (unpaired) electrons. The van der Waals surface area contributed by atoms with Crippen molar-refractivity contribution in [2.75, 3.05) is 7.11 Å². The lowest BCUT2D eigenvalue weighted by atomic mass is 10.0. The Kier molecular flexibility index (Phi) is 4.28. The van der Waals surface area contributed by atoms with Crippen molar-refractivity contribution >= 4 is 5.97 Å². The van der Waals surface area contributed by atoms with Gasteiger partial charge in [0, 0.05) is 6.42 Å². The van der Waals surface area contributed by atoms with Crippen molar-refractivity contribution < 1.29 is 27.1 Å². The molecule has 0 bridgehead atoms. The molecular formula is C11H11F4NO2. The SMILES string of the molecule is COC(=O)[C@@H](N)Cc1cc(C(F)(F)F)ccc1F. The summed E-state index contributed by atoms with van der Waals surface area (Å²) < 4.78 is 54.9. The molecule has 0 aliphatic rings. The lowest BCUT2D eigenvalue weighted by Gasteiger charge is -2.12. The van der Waals surface area contributed by atoms with E-state index in [1.54, 1.807) is 0 Å². The largest absolute Gasteiger partial charge is 0.468 e. The summed E-state index contributed by atoms with van der Waals surface area (Å²) >= 11 is 0. The van der Waals surface area contributed by atoms with Gasteiger partial charge in [-0.2, -0.15) is 13.2 Å². The predicted octanol–water partition coefficient (Wildman–Crippen LogP) is 1.89. The molecule has 2 N–H and O–H groups in total. The summed E-state index contributed by atoms with van der Waals surface area (Å²) in [6, 6.07) is 0.760. The number of hydrogen-bond acceptors (Lipinski definition) is 3. The fourth-order valence-electron chi connectivity index (χ4n) is 1.38. The number of halogens is 4. The molecule has 0 saturated heterocycles. The molecule has 0 saturated carbocycles. The van der Waals surface area contributed by atoms with E-state index in [2.05, 4.69) is 4.74 Å². The van der Waals surface area contributed by atoms with E-state index < -0.39 is 29.6 Å². The molecule has 0 aliphatic heterocycles. The predicted molar refractivity (Wildman–Crippen MR) is 55.1 cm³/mol. The van der Waals surface area contributed by atoms with Crippen molar-refractivity contribution in [3.8, 4) is 0 Å². The Morgan fingerprint density at radius 2 is 2.06 bits per heavy atom. The highest BCUT2D eigenvalue weighted by Crippen LogP contribution is 2.30. The van der Waals surface area contributed by atoms with Crippen molar-refractivity contribution in [1.29, 1.82) is 0 Å². The summed E-state index contributed by atoms with van der Waals surface area (Å²) in [7, 11) is 1.09. The smallest absolute Gasteiger partial charge is 0.416 e. The summed E-state index contributed by atoms with van der Waals surface area (Å²) in [5, 5.41) is 0. The molecule has 1 atom stereocenters. The van der Waals surface area contributed by atoms with Gasteiger partial charge in [-0.25, -0.2) is 4.39 Å². The van der Waals surface area contributed by atoms with Crippen LogP contribution in [-0.4, -0.2) is 19.1 Å². The van der Waals surface area contributed by atoms with Crippen LogP contribution in [0, 0.1) is 5.82 Å². The van der Waals surface area contributed by atoms with Gasteiger partial charge < -0.3 is 10.5 Å². The highest BCUT2D eigenvalue weighted by molar-refractivity contribution is 5.75. The number of ether oxygens (including phenoxy) is 1. The van der Waals surface area contributed by atoms with Crippen LogP contribution in [0.1, 0.15) is 11.1 Å². The maximum absolute atomic E-state index is 13.3. The van der Waals surface area contributed by atoms with Crippen LogP contribution < -0.4 is 5.73 Å². The van der Waals surface area contributed by atoms with Gasteiger partial charge in [0.25, 0.3) is 0 Å². The molecular weight excluding hydrogens is 254 g/mol. The maximum atomic E-state index is 13.3. The van der Waals surface area contributed by atoms with E-state index in [4.69, 9.17) is 5.73 Å². The number of methoxy groups -OCH3 is 1. The Hall–Kier alpha value is -1.63. The average molecular weight is 265 g/mol. The molecule has 1 aromatic carbocycles. The van der Waals surface area contributed by atoms with Crippen molar-refractivity contribution in [1.82, 2.24) is 0 Å². The van der Waals surface area contributed by atoms with E-state index in [1.807, 2.05) is 0 Å². The van der Waals surface area contributed by atoms with Crippen molar-refractivity contribution in [3.05, 3.63) is 35.1 Å². The molecule has 0 amide bonds. The number of carbonyl (C=O) groups excluding carboxylic acids is 1. The second-order valence-electron chi connectivity index (χ2n) is 3.64. The summed E-state index contributed by atoms with van der Waals surface area (Å²) in [4.78, 5) is 11.0. The molecule has 0 unspecified atom stereocenters. The van der Waals surface area contributed by atoms with Crippen LogP contribution in [0.4, 0.5) is 17.6 Å². The van der Waals surface area contributed by atoms with Crippen molar-refractivity contribution in [2.24, 2.45) is 5.73 Å². The molecule has 7 heteroatoms. The van der Waals surface area contributed by atoms with Crippen molar-refractivity contribution in [2.45, 2.75) is 18.6 Å². The molecule has 0 aliphatic carbocycles. The Morgan fingerprint density at radius 1 is 1.44 bits per heavy atom. The lowest BCUT2D eigenvalue weighted by molar-refractivity contribution is -0.142. The average Bonchev–Trinajstić information content (AvgIpc) is 2.29. The van der Waals surface area contributed by atoms with Gasteiger partial charge in [0.2, 0.25) is 0 Å². The minimum absolute atomic E-state index is 0.275. The van der Waals surface area contributed by atoms with Crippen LogP contribution in [0.15, 0.2) is 18.2 Å². The number of alkyl halides is 3. The van der Waals surface area contributed by atoms with Gasteiger partial charge in [-0.05, 0) is 23.8 Å². The number of carbonyl (C=O) groups is 1. The van der Waals surface area contributed by atoms with E-state index >= 15 is 0 Å². The number of benzene rings is 1. The molecule has 1 aromatic rings. The third-order valence-electron chi connectivity index (χ3n) is 2.32. The maximum Gasteiger partial charge on any atom is 0.416 e. The zero-order valence-corrected chi connectivity index (χ0v) is 9.42. The van der Waals surface area contributed by atoms with E-state index in [-0.39, 0.29) is 12.0 Å². The summed E-state index contributed by atoms with van der Waals surface area (Å²) in [5.41, 5.74) is 4.10. The Balaban J connectivity index is 2.98. The van der Waals surface area contributed by atoms with Gasteiger partial charge in [-0.1, -0.05) is 0 Å². The summed E-state index contributed by atoms with van der Waals surface area (Å²) in [5.74, 6) is -1.66. The Morgan fingerprint density at radius 3 is 2.56 bits per heavy atom. The number of esters is 1. The first-order chi connectivity index (χ1) is 8.25. The van der Waals surface area contributed by atoms with Crippen LogP contribution >= 0.6 is 0 Å². The lowest BCUT2D eigenvalue weighted by Crippen LogP contribution is -2.34. The number of hydrogen-bond donors (Lipinski definition) is 1. The molecule has 0 spiro atoms. The fourth-order valence-corrected chi connectivity index (χ4v) is 1.38. The third-order valence-corrected chi connectivity index (χ3v) is 2.32. The molecule has 3 nitrogen and oxygen atoms in total. The van der Waals surface area contributed by atoms with Crippen LogP contribution in [0.3, 0.4) is 0 Å². The topological polar surface area (TPSA) is 52.3 Å². The quantitative estimate of drug-likeness (QED) is 0.670. The van der Waals surface area contributed by atoms with Crippen molar-refractivity contribution in [3.63, 3.8) is 0 Å². The van der Waals surface area contributed by atoms with Gasteiger partial charge in [-0.3, -0.25) is 4.79 Å². The van der Waals surface area contributed by atoms with Crippen LogP contribution in [-0.2, 0) is 22.1 Å². The Bertz CT molecular complexity index is 445. The summed E-state index contributed by atoms with van der Waals surface area (Å²) in [6.07, 6.45) is -4.93. The molecule has 0 aromatic heterocycles. The monoisotopic (exact) mass is 265 g/mol. The molecule has 0 heterocycles. The normalized spacial score (nSPS) is 13.2.